The van der Waals surface area contributed by atoms with Gasteiger partial charge >= 0.3 is 5.69 Å². The number of nitriles is 1. The van der Waals surface area contributed by atoms with E-state index in [2.05, 4.69) is 15.3 Å². The highest BCUT2D eigenvalue weighted by Crippen LogP contribution is 2.17. The Balaban J connectivity index is 2.90. The lowest BCUT2D eigenvalue weighted by Gasteiger charge is -2.00. The molecule has 0 aliphatic carbocycles. The zero-order chi connectivity index (χ0) is 10.6. The Morgan fingerprint density at radius 3 is 3.00 bits per heavy atom. The third kappa shape index (κ3) is 2.04. The maximum absolute atomic E-state index is 10.3. The van der Waals surface area contributed by atoms with Crippen molar-refractivity contribution < 1.29 is 4.92 Å². The molecule has 0 atom stereocenters. The summed E-state index contributed by atoms with van der Waals surface area (Å²) in [5.74, 6) is -0.139. The van der Waals surface area contributed by atoms with E-state index < -0.39 is 4.92 Å². The standard InChI is InChI=1S/C6H6N6O2/c7-1-2-9-6-10-3-4(12(13)14)5(8)11-6/h3H,2H2,(H3,8,9,10,11). The third-order valence-electron chi connectivity index (χ3n) is 1.32. The molecule has 3 N–H and O–H groups in total. The van der Waals surface area contributed by atoms with Crippen LogP contribution in [0.3, 0.4) is 0 Å². The van der Waals surface area contributed by atoms with Gasteiger partial charge in [-0.05, 0) is 0 Å². The van der Waals surface area contributed by atoms with Crippen LogP contribution in [0.5, 0.6) is 0 Å². The lowest BCUT2D eigenvalue weighted by molar-refractivity contribution is -0.384. The van der Waals surface area contributed by atoms with Crippen molar-refractivity contribution in [2.75, 3.05) is 17.6 Å². The van der Waals surface area contributed by atoms with Crippen molar-refractivity contribution in [1.29, 1.82) is 5.26 Å². The minimum atomic E-state index is -0.677. The van der Waals surface area contributed by atoms with Gasteiger partial charge in [0.25, 0.3) is 0 Å². The highest BCUT2D eigenvalue weighted by Gasteiger charge is 2.13. The summed E-state index contributed by atoms with van der Waals surface area (Å²) in [5, 5.41) is 21.1. The average molecular weight is 194 g/mol. The van der Waals surface area contributed by atoms with Crippen molar-refractivity contribution in [1.82, 2.24) is 9.97 Å². The minimum absolute atomic E-state index is 0.0112. The molecule has 0 fully saturated rings. The van der Waals surface area contributed by atoms with Gasteiger partial charge in [0.05, 0.1) is 11.0 Å². The van der Waals surface area contributed by atoms with Crippen molar-refractivity contribution >= 4 is 17.5 Å². The van der Waals surface area contributed by atoms with Crippen molar-refractivity contribution in [2.24, 2.45) is 0 Å². The second-order valence-corrected chi connectivity index (χ2v) is 2.23. The highest BCUT2D eigenvalue weighted by molar-refractivity contribution is 5.53. The summed E-state index contributed by atoms with van der Waals surface area (Å²) in [7, 11) is 0. The van der Waals surface area contributed by atoms with Crippen LogP contribution in [-0.2, 0) is 0 Å². The zero-order valence-corrected chi connectivity index (χ0v) is 6.97. The molecule has 1 heterocycles. The molecule has 0 amide bonds. The summed E-state index contributed by atoms with van der Waals surface area (Å²) in [6, 6.07) is 1.81. The largest absolute Gasteiger partial charge is 0.378 e. The number of hydrogen-bond acceptors (Lipinski definition) is 7. The van der Waals surface area contributed by atoms with Gasteiger partial charge in [-0.15, -0.1) is 0 Å². The van der Waals surface area contributed by atoms with Crippen LogP contribution in [-0.4, -0.2) is 21.4 Å². The lowest BCUT2D eigenvalue weighted by Crippen LogP contribution is -2.06. The lowest BCUT2D eigenvalue weighted by atomic mass is 10.5. The monoisotopic (exact) mass is 194 g/mol. The van der Waals surface area contributed by atoms with Gasteiger partial charge in [-0.3, -0.25) is 10.1 Å². The van der Waals surface area contributed by atoms with E-state index in [1.807, 2.05) is 6.07 Å². The molecule has 0 saturated carbocycles. The molecular formula is C6H6N6O2. The predicted octanol–water partition coefficient (Wildman–Crippen LogP) is -0.0975. The highest BCUT2D eigenvalue weighted by atomic mass is 16.6. The molecule has 0 spiro atoms. The maximum atomic E-state index is 10.3. The van der Waals surface area contributed by atoms with Crippen LogP contribution in [0.2, 0.25) is 0 Å². The van der Waals surface area contributed by atoms with Gasteiger partial charge in [-0.25, -0.2) is 4.98 Å². The summed E-state index contributed by atoms with van der Waals surface area (Å²) >= 11 is 0. The van der Waals surface area contributed by atoms with E-state index in [-0.39, 0.29) is 24.0 Å². The van der Waals surface area contributed by atoms with E-state index in [1.165, 1.54) is 0 Å². The molecule has 0 saturated heterocycles. The number of nitrogens with two attached hydrogens (primary N) is 1. The first-order valence-electron chi connectivity index (χ1n) is 3.53. The van der Waals surface area contributed by atoms with Crippen LogP contribution < -0.4 is 11.1 Å². The molecule has 1 aromatic heterocycles. The van der Waals surface area contributed by atoms with E-state index in [9.17, 15) is 10.1 Å². The normalized spacial score (nSPS) is 9.07. The topological polar surface area (TPSA) is 131 Å². The van der Waals surface area contributed by atoms with Crippen LogP contribution in [0.15, 0.2) is 6.20 Å². The number of nitrogens with one attached hydrogen (secondary N) is 1. The number of hydrogen-bond donors (Lipinski definition) is 2. The molecule has 0 radical (unpaired) electrons. The van der Waals surface area contributed by atoms with Crippen LogP contribution >= 0.6 is 0 Å². The fourth-order valence-corrected chi connectivity index (χ4v) is 0.733. The molecule has 1 rings (SSSR count). The van der Waals surface area contributed by atoms with Crippen LogP contribution in [0.1, 0.15) is 0 Å². The Morgan fingerprint density at radius 2 is 2.50 bits per heavy atom. The number of nitrogens with zero attached hydrogens (tertiary/aromatic N) is 4. The van der Waals surface area contributed by atoms with Crippen LogP contribution in [0.4, 0.5) is 17.5 Å². The Kier molecular flexibility index (Phi) is 2.75. The van der Waals surface area contributed by atoms with Gasteiger partial charge in [-0.1, -0.05) is 0 Å². The second kappa shape index (κ2) is 3.99. The van der Waals surface area contributed by atoms with E-state index in [4.69, 9.17) is 11.0 Å². The van der Waals surface area contributed by atoms with E-state index >= 15 is 0 Å². The Bertz CT molecular complexity index is 398. The quantitative estimate of drug-likeness (QED) is 0.390. The molecule has 0 aliphatic heterocycles. The molecule has 1 aromatic rings. The minimum Gasteiger partial charge on any atom is -0.378 e. The first kappa shape index (κ1) is 9.66. The van der Waals surface area contributed by atoms with Crippen LogP contribution in [0.25, 0.3) is 0 Å². The number of aromatic nitrogens is 2. The summed E-state index contributed by atoms with van der Waals surface area (Å²) < 4.78 is 0. The number of nitro groups is 1. The fraction of sp³-hybridized carbons (Fsp3) is 0.167. The van der Waals surface area contributed by atoms with Crippen molar-refractivity contribution in [3.8, 4) is 6.07 Å². The molecule has 8 nitrogen and oxygen atoms in total. The number of rotatable bonds is 3. The molecule has 8 heteroatoms. The van der Waals surface area contributed by atoms with Gasteiger partial charge in [0.2, 0.25) is 11.8 Å². The van der Waals surface area contributed by atoms with Crippen LogP contribution in [0, 0.1) is 21.4 Å². The molecule has 0 aliphatic rings. The second-order valence-electron chi connectivity index (χ2n) is 2.23. The van der Waals surface area contributed by atoms with Gasteiger partial charge in [0.1, 0.15) is 12.7 Å². The van der Waals surface area contributed by atoms with E-state index in [0.717, 1.165) is 6.20 Å². The van der Waals surface area contributed by atoms with Crippen molar-refractivity contribution in [2.45, 2.75) is 0 Å². The molecule has 0 aromatic carbocycles. The molecule has 0 unspecified atom stereocenters. The van der Waals surface area contributed by atoms with E-state index in [0.29, 0.717) is 0 Å². The van der Waals surface area contributed by atoms with Crippen molar-refractivity contribution in [3.63, 3.8) is 0 Å². The number of nitrogen functional groups attached to an aromatic ring is 1. The maximum Gasteiger partial charge on any atom is 0.329 e. The summed E-state index contributed by atoms with van der Waals surface area (Å²) in [5.41, 5.74) is 4.92. The van der Waals surface area contributed by atoms with E-state index in [1.54, 1.807) is 0 Å². The Hall–Kier alpha value is -2.43. The molecule has 72 valence electrons. The Morgan fingerprint density at radius 1 is 1.79 bits per heavy atom. The molecule has 14 heavy (non-hydrogen) atoms. The van der Waals surface area contributed by atoms with Gasteiger partial charge in [0.15, 0.2) is 0 Å². The Labute approximate surface area is 78.5 Å². The average Bonchev–Trinajstić information content (AvgIpc) is 2.14. The zero-order valence-electron chi connectivity index (χ0n) is 6.97. The first-order valence-corrected chi connectivity index (χ1v) is 3.53. The smallest absolute Gasteiger partial charge is 0.329 e. The van der Waals surface area contributed by atoms with Crippen molar-refractivity contribution in [3.05, 3.63) is 16.3 Å². The molecule has 0 bridgehead atoms. The number of anilines is 2. The predicted molar refractivity (Wildman–Crippen MR) is 47.2 cm³/mol. The summed E-state index contributed by atoms with van der Waals surface area (Å²) in [6.07, 6.45) is 0.988. The molecular weight excluding hydrogens is 188 g/mol. The first-order chi connectivity index (χ1) is 6.65. The SMILES string of the molecule is N#CCNc1ncc([N+](=O)[O-])c(N)n1. The summed E-state index contributed by atoms with van der Waals surface area (Å²) in [6.45, 7) is 0.0112. The van der Waals surface area contributed by atoms with Gasteiger partial charge in [0, 0.05) is 0 Å². The van der Waals surface area contributed by atoms with Gasteiger partial charge in [-0.2, -0.15) is 10.2 Å². The fourth-order valence-electron chi connectivity index (χ4n) is 0.733. The van der Waals surface area contributed by atoms with Gasteiger partial charge < -0.3 is 11.1 Å². The summed E-state index contributed by atoms with van der Waals surface area (Å²) in [4.78, 5) is 16.8. The third-order valence-corrected chi connectivity index (χ3v) is 1.32.